The maximum Gasteiger partial charge on any atom is 0.313 e. The minimum Gasteiger partial charge on any atom is -0.497 e. The number of hydrogen-bond acceptors (Lipinski definition) is 3. The van der Waals surface area contributed by atoms with Gasteiger partial charge in [0.2, 0.25) is 0 Å². The summed E-state index contributed by atoms with van der Waals surface area (Å²) in [7, 11) is 1.66. The quantitative estimate of drug-likeness (QED) is 0.519. The van der Waals surface area contributed by atoms with Crippen molar-refractivity contribution in [3.63, 3.8) is 0 Å². The lowest BCUT2D eigenvalue weighted by Gasteiger charge is -2.41. The summed E-state index contributed by atoms with van der Waals surface area (Å²) in [5.41, 5.74) is 3.71. The monoisotopic (exact) mass is 434 g/mol. The minimum atomic E-state index is -0.791. The SMILES string of the molecule is COc1ccc(C(SCC(=O)O)(c2ccccc2)C2C=CC(C3CCCC3)=CC2)cc1. The number of thioether (sulfide) groups is 1. The zero-order valence-electron chi connectivity index (χ0n) is 18.0. The first-order valence-corrected chi connectivity index (χ1v) is 12.1. The summed E-state index contributed by atoms with van der Waals surface area (Å²) in [6.45, 7) is 0. The van der Waals surface area contributed by atoms with Crippen molar-refractivity contribution in [2.75, 3.05) is 12.9 Å². The van der Waals surface area contributed by atoms with Crippen molar-refractivity contribution in [1.82, 2.24) is 0 Å². The Morgan fingerprint density at radius 3 is 2.32 bits per heavy atom. The summed E-state index contributed by atoms with van der Waals surface area (Å²) in [6.07, 6.45) is 13.2. The van der Waals surface area contributed by atoms with Crippen LogP contribution < -0.4 is 4.74 Å². The Hall–Kier alpha value is -2.46. The lowest BCUT2D eigenvalue weighted by Crippen LogP contribution is -2.34. The van der Waals surface area contributed by atoms with Crippen LogP contribution in [-0.2, 0) is 9.54 Å². The van der Waals surface area contributed by atoms with Gasteiger partial charge in [-0.15, -0.1) is 11.8 Å². The summed E-state index contributed by atoms with van der Waals surface area (Å²) in [5, 5.41) is 9.57. The van der Waals surface area contributed by atoms with Gasteiger partial charge < -0.3 is 9.84 Å². The first-order chi connectivity index (χ1) is 15.1. The normalized spacial score (nSPS) is 20.8. The lowest BCUT2D eigenvalue weighted by atomic mass is 9.75. The molecule has 0 heterocycles. The van der Waals surface area contributed by atoms with E-state index in [1.807, 2.05) is 30.3 Å². The Morgan fingerprint density at radius 1 is 1.06 bits per heavy atom. The Balaban J connectivity index is 1.77. The molecule has 2 aromatic rings. The van der Waals surface area contributed by atoms with Gasteiger partial charge in [0, 0.05) is 5.92 Å². The molecule has 3 nitrogen and oxygen atoms in total. The predicted molar refractivity (Wildman–Crippen MR) is 128 cm³/mol. The van der Waals surface area contributed by atoms with E-state index in [2.05, 4.69) is 42.5 Å². The van der Waals surface area contributed by atoms with E-state index in [1.165, 1.54) is 43.0 Å². The van der Waals surface area contributed by atoms with E-state index < -0.39 is 10.7 Å². The van der Waals surface area contributed by atoms with Crippen LogP contribution in [0, 0.1) is 11.8 Å². The summed E-state index contributed by atoms with van der Waals surface area (Å²) in [5.74, 6) is 0.913. The molecule has 1 N–H and O–H groups in total. The number of aliphatic carboxylic acids is 1. The third-order valence-electron chi connectivity index (χ3n) is 6.62. The molecule has 1 saturated carbocycles. The molecule has 2 unspecified atom stereocenters. The van der Waals surface area contributed by atoms with Crippen LogP contribution in [-0.4, -0.2) is 23.9 Å². The van der Waals surface area contributed by atoms with Crippen LogP contribution in [0.5, 0.6) is 5.75 Å². The van der Waals surface area contributed by atoms with Crippen molar-refractivity contribution in [2.24, 2.45) is 11.8 Å². The summed E-state index contributed by atoms with van der Waals surface area (Å²) < 4.78 is 4.89. The third-order valence-corrected chi connectivity index (χ3v) is 8.24. The second-order valence-electron chi connectivity index (χ2n) is 8.40. The van der Waals surface area contributed by atoms with Crippen LogP contribution in [0.3, 0.4) is 0 Å². The van der Waals surface area contributed by atoms with Gasteiger partial charge in [0.1, 0.15) is 5.75 Å². The Morgan fingerprint density at radius 2 is 1.74 bits per heavy atom. The summed E-state index contributed by atoms with van der Waals surface area (Å²) >= 11 is 1.52. The van der Waals surface area contributed by atoms with Gasteiger partial charge in [0.25, 0.3) is 0 Å². The molecule has 0 aliphatic heterocycles. The van der Waals surface area contributed by atoms with Gasteiger partial charge in [0.15, 0.2) is 0 Å². The van der Waals surface area contributed by atoms with Crippen LogP contribution in [0.15, 0.2) is 78.4 Å². The molecule has 0 saturated heterocycles. The van der Waals surface area contributed by atoms with Crippen LogP contribution in [0.25, 0.3) is 0 Å². The number of carboxylic acid groups (broad SMARTS) is 1. The number of rotatable bonds is 8. The van der Waals surface area contributed by atoms with E-state index in [9.17, 15) is 9.90 Å². The molecular formula is C27H30O3S. The van der Waals surface area contributed by atoms with Crippen molar-refractivity contribution >= 4 is 17.7 Å². The van der Waals surface area contributed by atoms with Crippen LogP contribution >= 0.6 is 11.8 Å². The predicted octanol–water partition coefficient (Wildman–Crippen LogP) is 6.45. The van der Waals surface area contributed by atoms with E-state index >= 15 is 0 Å². The fraction of sp³-hybridized carbons (Fsp3) is 0.370. The highest BCUT2D eigenvalue weighted by Gasteiger charge is 2.42. The van der Waals surface area contributed by atoms with Gasteiger partial charge >= 0.3 is 5.97 Å². The molecule has 2 atom stereocenters. The average molecular weight is 435 g/mol. The Labute approximate surface area is 189 Å². The lowest BCUT2D eigenvalue weighted by molar-refractivity contribution is -0.133. The van der Waals surface area contributed by atoms with E-state index in [0.29, 0.717) is 5.92 Å². The standard InChI is InChI=1S/C27H30O3S/c1-30-25-17-15-24(16-18-25)27(31-19-26(28)29,22-9-3-2-4-10-22)23-13-11-21(12-14-23)20-7-5-6-8-20/h2-4,9-13,15-18,20,23H,5-8,14,19H2,1H3,(H,28,29). The molecule has 4 rings (SSSR count). The second-order valence-corrected chi connectivity index (χ2v) is 9.62. The molecule has 0 amide bonds. The van der Waals surface area contributed by atoms with E-state index in [1.54, 1.807) is 7.11 Å². The second kappa shape index (κ2) is 9.78. The molecule has 0 radical (unpaired) electrons. The molecule has 162 valence electrons. The molecule has 2 aliphatic carbocycles. The molecule has 0 aromatic heterocycles. The van der Waals surface area contributed by atoms with Gasteiger partial charge in [-0.1, -0.05) is 73.5 Å². The average Bonchev–Trinajstić information content (AvgIpc) is 3.36. The number of allylic oxidation sites excluding steroid dienone is 4. The molecule has 2 aromatic carbocycles. The van der Waals surface area contributed by atoms with Crippen molar-refractivity contribution in [3.8, 4) is 5.75 Å². The fourth-order valence-electron chi connectivity index (χ4n) is 5.07. The highest BCUT2D eigenvalue weighted by molar-refractivity contribution is 8.01. The first-order valence-electron chi connectivity index (χ1n) is 11.1. The van der Waals surface area contributed by atoms with Gasteiger partial charge in [-0.2, -0.15) is 0 Å². The summed E-state index contributed by atoms with van der Waals surface area (Å²) in [6, 6.07) is 18.5. The number of hydrogen-bond donors (Lipinski definition) is 1. The van der Waals surface area contributed by atoms with Crippen molar-refractivity contribution in [1.29, 1.82) is 0 Å². The minimum absolute atomic E-state index is 0.0461. The zero-order valence-corrected chi connectivity index (χ0v) is 18.8. The number of carboxylic acids is 1. The molecule has 0 bridgehead atoms. The number of methoxy groups -OCH3 is 1. The topological polar surface area (TPSA) is 46.5 Å². The molecule has 0 spiro atoms. The van der Waals surface area contributed by atoms with Gasteiger partial charge in [-0.3, -0.25) is 4.79 Å². The number of benzene rings is 2. The summed E-state index contributed by atoms with van der Waals surface area (Å²) in [4.78, 5) is 11.6. The highest BCUT2D eigenvalue weighted by Crippen LogP contribution is 2.52. The van der Waals surface area contributed by atoms with E-state index in [-0.39, 0.29) is 11.7 Å². The van der Waals surface area contributed by atoms with Crippen LogP contribution in [0.4, 0.5) is 0 Å². The van der Waals surface area contributed by atoms with E-state index in [0.717, 1.165) is 23.3 Å². The van der Waals surface area contributed by atoms with Crippen LogP contribution in [0.1, 0.15) is 43.2 Å². The first kappa shape index (κ1) is 21.8. The third kappa shape index (κ3) is 4.59. The molecule has 31 heavy (non-hydrogen) atoms. The number of carbonyl (C=O) groups is 1. The smallest absolute Gasteiger partial charge is 0.313 e. The zero-order chi connectivity index (χ0) is 21.7. The Kier molecular flexibility index (Phi) is 6.86. The molecular weight excluding hydrogens is 404 g/mol. The van der Waals surface area contributed by atoms with Gasteiger partial charge in [-0.05, 0) is 54.0 Å². The van der Waals surface area contributed by atoms with E-state index in [4.69, 9.17) is 4.74 Å². The fourth-order valence-corrected chi connectivity index (χ4v) is 6.41. The highest BCUT2D eigenvalue weighted by atomic mass is 32.2. The van der Waals surface area contributed by atoms with Crippen molar-refractivity contribution in [2.45, 2.75) is 36.9 Å². The largest absolute Gasteiger partial charge is 0.497 e. The maximum atomic E-state index is 11.6. The number of ether oxygens (including phenoxy) is 1. The Bertz CT molecular complexity index is 942. The molecule has 4 heteroatoms. The van der Waals surface area contributed by atoms with Gasteiger partial charge in [0.05, 0.1) is 17.6 Å². The van der Waals surface area contributed by atoms with Gasteiger partial charge in [-0.25, -0.2) is 0 Å². The molecule has 2 aliphatic rings. The van der Waals surface area contributed by atoms with Crippen molar-refractivity contribution in [3.05, 3.63) is 89.5 Å². The van der Waals surface area contributed by atoms with Crippen LogP contribution in [0.2, 0.25) is 0 Å². The van der Waals surface area contributed by atoms with Crippen molar-refractivity contribution < 1.29 is 14.6 Å². The molecule has 1 fully saturated rings. The maximum absolute atomic E-state index is 11.6.